The number of carbonyl (C=O) groups is 1. The van der Waals surface area contributed by atoms with Crippen molar-refractivity contribution in [1.82, 2.24) is 15.1 Å². The van der Waals surface area contributed by atoms with E-state index in [1.165, 1.54) is 78.1 Å². The van der Waals surface area contributed by atoms with Crippen LogP contribution >= 0.6 is 11.6 Å². The Labute approximate surface area is 211 Å². The Bertz CT molecular complexity index is 761. The number of hydrogen-bond acceptors (Lipinski definition) is 5. The largest absolute Gasteiger partial charge is 0.496 e. The lowest BCUT2D eigenvalue weighted by molar-refractivity contribution is 0.0932. The molecule has 0 atom stereocenters. The first-order valence-electron chi connectivity index (χ1n) is 13.4. The molecule has 1 saturated heterocycles. The van der Waals surface area contributed by atoms with Gasteiger partial charge in [0.05, 0.1) is 23.4 Å². The smallest absolute Gasteiger partial charge is 0.255 e. The fourth-order valence-electron chi connectivity index (χ4n) is 5.53. The number of hydrogen-bond donors (Lipinski definition) is 2. The second-order valence-corrected chi connectivity index (χ2v) is 10.5. The van der Waals surface area contributed by atoms with E-state index in [9.17, 15) is 4.79 Å². The highest BCUT2D eigenvalue weighted by atomic mass is 35.5. The fourth-order valence-corrected chi connectivity index (χ4v) is 5.70. The zero-order chi connectivity index (χ0) is 24.3. The summed E-state index contributed by atoms with van der Waals surface area (Å²) < 4.78 is 5.30. The van der Waals surface area contributed by atoms with Gasteiger partial charge in [0.15, 0.2) is 0 Å². The van der Waals surface area contributed by atoms with Gasteiger partial charge in [0.1, 0.15) is 5.75 Å². The van der Waals surface area contributed by atoms with Gasteiger partial charge in [0.2, 0.25) is 0 Å². The molecular formula is C27H45ClN4O2. The zero-order valence-electron chi connectivity index (χ0n) is 21.3. The van der Waals surface area contributed by atoms with Crippen LogP contribution in [0.15, 0.2) is 12.1 Å². The molecule has 2 fully saturated rings. The van der Waals surface area contributed by atoms with E-state index in [4.69, 9.17) is 22.1 Å². The highest BCUT2D eigenvalue weighted by molar-refractivity contribution is 6.33. The molecule has 0 spiro atoms. The van der Waals surface area contributed by atoms with Crippen LogP contribution in [0.25, 0.3) is 0 Å². The van der Waals surface area contributed by atoms with Gasteiger partial charge in [0, 0.05) is 18.7 Å². The van der Waals surface area contributed by atoms with Crippen molar-refractivity contribution in [2.45, 2.75) is 77.2 Å². The molecule has 0 aromatic heterocycles. The molecule has 0 radical (unpaired) electrons. The number of rotatable bonds is 12. The molecule has 1 aliphatic heterocycles. The Balaban J connectivity index is 1.29. The van der Waals surface area contributed by atoms with E-state index >= 15 is 0 Å². The number of likely N-dealkylation sites (tertiary alicyclic amines) is 1. The Morgan fingerprint density at radius 1 is 1.15 bits per heavy atom. The number of nitrogen functional groups attached to an aromatic ring is 1. The number of nitrogens with two attached hydrogens (primary N) is 1. The molecule has 1 aromatic carbocycles. The van der Waals surface area contributed by atoms with Crippen LogP contribution in [0.4, 0.5) is 5.69 Å². The van der Waals surface area contributed by atoms with Gasteiger partial charge in [-0.3, -0.25) is 4.79 Å². The summed E-state index contributed by atoms with van der Waals surface area (Å²) in [6.45, 7) is 8.94. The number of carbonyl (C=O) groups excluding carboxylic acids is 1. The lowest BCUT2D eigenvalue weighted by Crippen LogP contribution is -2.39. The van der Waals surface area contributed by atoms with Crippen LogP contribution in [0.2, 0.25) is 5.02 Å². The normalized spacial score (nSPS) is 18.4. The number of piperidine rings is 1. The minimum atomic E-state index is -0.157. The number of ether oxygens (including phenoxy) is 1. The molecular weight excluding hydrogens is 448 g/mol. The van der Waals surface area contributed by atoms with Gasteiger partial charge in [-0.25, -0.2) is 0 Å². The number of benzene rings is 1. The number of unbranched alkanes of at least 4 members (excludes halogenated alkanes) is 2. The Hall–Kier alpha value is -1.50. The average molecular weight is 493 g/mol. The molecule has 7 heteroatoms. The first-order valence-corrected chi connectivity index (χ1v) is 13.8. The second-order valence-electron chi connectivity index (χ2n) is 10.1. The van der Waals surface area contributed by atoms with E-state index < -0.39 is 0 Å². The molecule has 6 nitrogen and oxygen atoms in total. The fraction of sp³-hybridized carbons (Fsp3) is 0.741. The van der Waals surface area contributed by atoms with Crippen molar-refractivity contribution < 1.29 is 9.53 Å². The Morgan fingerprint density at radius 3 is 2.56 bits per heavy atom. The van der Waals surface area contributed by atoms with E-state index in [2.05, 4.69) is 22.0 Å². The molecule has 3 rings (SSSR count). The number of anilines is 1. The summed E-state index contributed by atoms with van der Waals surface area (Å²) in [4.78, 5) is 18.0. The predicted molar refractivity (Wildman–Crippen MR) is 142 cm³/mol. The second kappa shape index (κ2) is 14.2. The molecule has 1 saturated carbocycles. The number of methoxy groups -OCH3 is 1. The molecule has 1 heterocycles. The lowest BCUT2D eigenvalue weighted by atomic mass is 9.94. The van der Waals surface area contributed by atoms with Gasteiger partial charge in [-0.15, -0.1) is 0 Å². The zero-order valence-corrected chi connectivity index (χ0v) is 22.0. The van der Waals surface area contributed by atoms with E-state index in [1.54, 1.807) is 12.1 Å². The van der Waals surface area contributed by atoms with Crippen LogP contribution in [-0.4, -0.2) is 68.1 Å². The lowest BCUT2D eigenvalue weighted by Gasteiger charge is -2.34. The van der Waals surface area contributed by atoms with Crippen molar-refractivity contribution in [2.24, 2.45) is 5.92 Å². The van der Waals surface area contributed by atoms with Crippen LogP contribution in [0.3, 0.4) is 0 Å². The highest BCUT2D eigenvalue weighted by Crippen LogP contribution is 2.29. The maximum atomic E-state index is 12.7. The average Bonchev–Trinajstić information content (AvgIpc) is 2.87. The minimum absolute atomic E-state index is 0.157. The van der Waals surface area contributed by atoms with Gasteiger partial charge >= 0.3 is 0 Å². The summed E-state index contributed by atoms with van der Waals surface area (Å²) in [5.41, 5.74) is 6.67. The highest BCUT2D eigenvalue weighted by Gasteiger charge is 2.22. The molecule has 1 amide bonds. The van der Waals surface area contributed by atoms with E-state index in [0.717, 1.165) is 32.0 Å². The molecule has 0 unspecified atom stereocenters. The Kier molecular flexibility index (Phi) is 11.3. The van der Waals surface area contributed by atoms with E-state index in [0.29, 0.717) is 34.5 Å². The van der Waals surface area contributed by atoms with E-state index in [1.807, 2.05) is 0 Å². The maximum absolute atomic E-state index is 12.7. The molecule has 1 aromatic rings. The van der Waals surface area contributed by atoms with Crippen molar-refractivity contribution in [2.75, 3.05) is 52.1 Å². The number of nitrogens with zero attached hydrogens (tertiary/aromatic N) is 2. The first kappa shape index (κ1) is 27.1. The van der Waals surface area contributed by atoms with E-state index in [-0.39, 0.29) is 5.91 Å². The summed E-state index contributed by atoms with van der Waals surface area (Å²) in [6, 6.07) is 4.03. The molecule has 2 aliphatic rings. The third-order valence-corrected chi connectivity index (χ3v) is 8.07. The van der Waals surface area contributed by atoms with Crippen molar-refractivity contribution >= 4 is 23.2 Å². The summed E-state index contributed by atoms with van der Waals surface area (Å²) in [6.07, 6.45) is 13.3. The third kappa shape index (κ3) is 8.03. The van der Waals surface area contributed by atoms with Crippen LogP contribution in [0.5, 0.6) is 5.75 Å². The van der Waals surface area contributed by atoms with Gasteiger partial charge in [-0.2, -0.15) is 0 Å². The van der Waals surface area contributed by atoms with Crippen LogP contribution in [-0.2, 0) is 0 Å². The number of halogens is 1. The van der Waals surface area contributed by atoms with Crippen molar-refractivity contribution in [1.29, 1.82) is 0 Å². The van der Waals surface area contributed by atoms with Gasteiger partial charge in [0.25, 0.3) is 5.91 Å². The van der Waals surface area contributed by atoms with Gasteiger partial charge in [-0.1, -0.05) is 44.2 Å². The quantitative estimate of drug-likeness (QED) is 0.310. The van der Waals surface area contributed by atoms with Crippen LogP contribution in [0.1, 0.15) is 81.5 Å². The number of amides is 1. The van der Waals surface area contributed by atoms with Crippen molar-refractivity contribution in [3.63, 3.8) is 0 Å². The molecule has 0 bridgehead atoms. The molecule has 1 aliphatic carbocycles. The first-order chi connectivity index (χ1) is 16.5. The Morgan fingerprint density at radius 2 is 1.88 bits per heavy atom. The van der Waals surface area contributed by atoms with Crippen LogP contribution < -0.4 is 15.8 Å². The summed E-state index contributed by atoms with van der Waals surface area (Å²) in [7, 11) is 1.53. The molecule has 192 valence electrons. The monoisotopic (exact) mass is 492 g/mol. The van der Waals surface area contributed by atoms with Gasteiger partial charge < -0.3 is 25.6 Å². The van der Waals surface area contributed by atoms with Crippen molar-refractivity contribution in [3.05, 3.63) is 22.7 Å². The molecule has 34 heavy (non-hydrogen) atoms. The predicted octanol–water partition coefficient (Wildman–Crippen LogP) is 5.20. The van der Waals surface area contributed by atoms with Crippen molar-refractivity contribution in [3.8, 4) is 5.75 Å². The number of nitrogens with one attached hydrogen (secondary N) is 1. The topological polar surface area (TPSA) is 70.8 Å². The SMILES string of the molecule is CCN(CCCCCN1CCC(CNC(=O)c2cc(Cl)c(N)cc2OC)CC1)C1CCCCC1. The minimum Gasteiger partial charge on any atom is -0.496 e. The maximum Gasteiger partial charge on any atom is 0.255 e. The molecule has 3 N–H and O–H groups in total. The summed E-state index contributed by atoms with van der Waals surface area (Å²) in [5, 5.41) is 3.44. The van der Waals surface area contributed by atoms with Gasteiger partial charge in [-0.05, 0) is 83.2 Å². The third-order valence-electron chi connectivity index (χ3n) is 7.74. The van der Waals surface area contributed by atoms with Crippen LogP contribution in [0, 0.1) is 5.92 Å². The summed E-state index contributed by atoms with van der Waals surface area (Å²) in [5.74, 6) is 0.814. The standard InChI is InChI=1S/C27H45ClN4O2/c1-3-32(22-10-6-4-7-11-22)15-9-5-8-14-31-16-12-21(13-17-31)20-30-27(33)23-18-24(28)25(29)19-26(23)34-2/h18-19,21-22H,3-17,20,29H2,1-2H3,(H,30,33). The summed E-state index contributed by atoms with van der Waals surface area (Å²) >= 11 is 6.10.